The first kappa shape index (κ1) is 24.1. The first-order valence-electron chi connectivity index (χ1n) is 12.6. The predicted molar refractivity (Wildman–Crippen MR) is 132 cm³/mol. The maximum Gasteiger partial charge on any atom is 0.243 e. The first-order chi connectivity index (χ1) is 16.5. The minimum atomic E-state index is -0.480. The fourth-order valence-corrected chi connectivity index (χ4v) is 4.96. The molecular formula is C28H36N2O4. The van der Waals surface area contributed by atoms with E-state index >= 15 is 0 Å². The van der Waals surface area contributed by atoms with Gasteiger partial charge in [0.2, 0.25) is 18.6 Å². The molecule has 6 heteroatoms. The van der Waals surface area contributed by atoms with Gasteiger partial charge in [-0.3, -0.25) is 9.59 Å². The van der Waals surface area contributed by atoms with Crippen molar-refractivity contribution in [2.45, 2.75) is 83.8 Å². The largest absolute Gasteiger partial charge is 0.454 e. The molecule has 2 aliphatic rings. The van der Waals surface area contributed by atoms with Crippen LogP contribution in [0.5, 0.6) is 11.5 Å². The highest BCUT2D eigenvalue weighted by atomic mass is 16.7. The van der Waals surface area contributed by atoms with Gasteiger partial charge in [-0.05, 0) is 55.9 Å². The molecule has 6 nitrogen and oxygen atoms in total. The molecule has 1 aliphatic heterocycles. The van der Waals surface area contributed by atoms with E-state index in [1.54, 1.807) is 4.90 Å². The van der Waals surface area contributed by atoms with Crippen molar-refractivity contribution in [1.29, 1.82) is 0 Å². The van der Waals surface area contributed by atoms with E-state index in [0.717, 1.165) is 53.9 Å². The van der Waals surface area contributed by atoms with Crippen LogP contribution < -0.4 is 14.8 Å². The molecule has 2 aromatic carbocycles. The van der Waals surface area contributed by atoms with Crippen LogP contribution in [-0.2, 0) is 22.6 Å². The molecule has 4 rings (SSSR count). The van der Waals surface area contributed by atoms with Gasteiger partial charge in [0.25, 0.3) is 0 Å². The number of carbonyl (C=O) groups is 2. The topological polar surface area (TPSA) is 67.9 Å². The van der Waals surface area contributed by atoms with Crippen molar-refractivity contribution in [3.05, 3.63) is 59.2 Å². The molecule has 1 fully saturated rings. The summed E-state index contributed by atoms with van der Waals surface area (Å²) in [6, 6.07) is 13.7. The molecule has 0 saturated heterocycles. The van der Waals surface area contributed by atoms with Crippen LogP contribution in [-0.4, -0.2) is 35.6 Å². The van der Waals surface area contributed by atoms with Crippen LogP contribution in [0, 0.1) is 6.92 Å². The molecule has 1 heterocycles. The number of nitrogens with one attached hydrogen (secondary N) is 1. The number of hydrogen-bond acceptors (Lipinski definition) is 4. The van der Waals surface area contributed by atoms with Gasteiger partial charge >= 0.3 is 0 Å². The molecule has 0 radical (unpaired) electrons. The molecule has 182 valence electrons. The minimum absolute atomic E-state index is 0.00943. The average molecular weight is 465 g/mol. The Balaban J connectivity index is 1.48. The van der Waals surface area contributed by atoms with Crippen LogP contribution >= 0.6 is 0 Å². The van der Waals surface area contributed by atoms with Gasteiger partial charge in [0.1, 0.15) is 6.04 Å². The molecule has 2 aromatic rings. The van der Waals surface area contributed by atoms with Gasteiger partial charge in [0, 0.05) is 19.0 Å². The van der Waals surface area contributed by atoms with E-state index in [-0.39, 0.29) is 24.6 Å². The Hall–Kier alpha value is -3.02. The summed E-state index contributed by atoms with van der Waals surface area (Å²) in [5.74, 6) is 1.42. The summed E-state index contributed by atoms with van der Waals surface area (Å²) in [5, 5.41) is 3.24. The van der Waals surface area contributed by atoms with Gasteiger partial charge < -0.3 is 19.7 Å². The standard InChI is InChI=1S/C28H36N2O4/c1-3-24(28(32)29-23-10-5-4-6-11-23)30(18-22-9-7-8-20(2)16-22)27(31)15-13-21-12-14-25-26(17-21)34-19-33-25/h7-9,12,14,16-17,23-24H,3-6,10-11,13,15,18-19H2,1-2H3,(H,29,32)/t24-/m1/s1. The zero-order valence-electron chi connectivity index (χ0n) is 20.3. The summed E-state index contributed by atoms with van der Waals surface area (Å²) in [4.78, 5) is 28.6. The number of fused-ring (bicyclic) bond motifs is 1. The van der Waals surface area contributed by atoms with Crippen LogP contribution in [0.3, 0.4) is 0 Å². The zero-order valence-corrected chi connectivity index (χ0v) is 20.3. The number of hydrogen-bond donors (Lipinski definition) is 1. The molecule has 1 N–H and O–H groups in total. The molecule has 0 aromatic heterocycles. The summed E-state index contributed by atoms with van der Waals surface area (Å²) in [6.45, 7) is 4.69. The Morgan fingerprint density at radius 3 is 2.59 bits per heavy atom. The maximum atomic E-state index is 13.5. The van der Waals surface area contributed by atoms with Crippen LogP contribution in [0.15, 0.2) is 42.5 Å². The average Bonchev–Trinajstić information content (AvgIpc) is 3.31. The molecule has 2 amide bonds. The van der Waals surface area contributed by atoms with Crippen LogP contribution in [0.25, 0.3) is 0 Å². The number of carbonyl (C=O) groups excluding carboxylic acids is 2. The van der Waals surface area contributed by atoms with Gasteiger partial charge in [-0.25, -0.2) is 0 Å². The molecule has 1 saturated carbocycles. The summed E-state index contributed by atoms with van der Waals surface area (Å²) in [7, 11) is 0. The quantitative estimate of drug-likeness (QED) is 0.572. The van der Waals surface area contributed by atoms with Crippen LogP contribution in [0.1, 0.15) is 68.6 Å². The molecule has 0 spiro atoms. The highest BCUT2D eigenvalue weighted by molar-refractivity contribution is 5.88. The van der Waals surface area contributed by atoms with Gasteiger partial charge in [0.05, 0.1) is 0 Å². The third-order valence-electron chi connectivity index (χ3n) is 6.84. The van der Waals surface area contributed by atoms with Gasteiger partial charge in [-0.2, -0.15) is 0 Å². The Morgan fingerprint density at radius 1 is 1.03 bits per heavy atom. The van der Waals surface area contributed by atoms with Crippen molar-refractivity contribution in [3.8, 4) is 11.5 Å². The molecule has 1 atom stereocenters. The lowest BCUT2D eigenvalue weighted by Gasteiger charge is -2.33. The number of aryl methyl sites for hydroxylation is 2. The molecule has 0 bridgehead atoms. The van der Waals surface area contributed by atoms with E-state index in [0.29, 0.717) is 25.8 Å². The third-order valence-corrected chi connectivity index (χ3v) is 6.84. The number of ether oxygens (including phenoxy) is 2. The second-order valence-electron chi connectivity index (χ2n) is 9.47. The summed E-state index contributed by atoms with van der Waals surface area (Å²) in [5.41, 5.74) is 3.21. The highest BCUT2D eigenvalue weighted by Gasteiger charge is 2.30. The summed E-state index contributed by atoms with van der Waals surface area (Å²) >= 11 is 0. The van der Waals surface area contributed by atoms with Crippen molar-refractivity contribution < 1.29 is 19.1 Å². The fraction of sp³-hybridized carbons (Fsp3) is 0.500. The number of nitrogens with zero attached hydrogens (tertiary/aromatic N) is 1. The van der Waals surface area contributed by atoms with E-state index in [2.05, 4.69) is 11.4 Å². The van der Waals surface area contributed by atoms with Crippen molar-refractivity contribution in [3.63, 3.8) is 0 Å². The number of rotatable bonds is 9. The second kappa shape index (κ2) is 11.4. The molecular weight excluding hydrogens is 428 g/mol. The lowest BCUT2D eigenvalue weighted by atomic mass is 9.95. The van der Waals surface area contributed by atoms with E-state index in [1.807, 2.05) is 50.2 Å². The molecule has 0 unspecified atom stereocenters. The second-order valence-corrected chi connectivity index (χ2v) is 9.47. The predicted octanol–water partition coefficient (Wildman–Crippen LogP) is 4.91. The van der Waals surface area contributed by atoms with Crippen molar-refractivity contribution in [1.82, 2.24) is 10.2 Å². The first-order valence-corrected chi connectivity index (χ1v) is 12.6. The smallest absolute Gasteiger partial charge is 0.243 e. The monoisotopic (exact) mass is 464 g/mol. The SMILES string of the molecule is CC[C@H](C(=O)NC1CCCCC1)N(Cc1cccc(C)c1)C(=O)CCc1ccc2c(c1)OCO2. The Kier molecular flexibility index (Phi) is 8.09. The van der Waals surface area contributed by atoms with Gasteiger partial charge in [-0.15, -0.1) is 0 Å². The van der Waals surface area contributed by atoms with Crippen molar-refractivity contribution in [2.75, 3.05) is 6.79 Å². The summed E-state index contributed by atoms with van der Waals surface area (Å²) < 4.78 is 10.9. The van der Waals surface area contributed by atoms with E-state index < -0.39 is 6.04 Å². The highest BCUT2D eigenvalue weighted by Crippen LogP contribution is 2.33. The number of amides is 2. The minimum Gasteiger partial charge on any atom is -0.454 e. The molecule has 34 heavy (non-hydrogen) atoms. The van der Waals surface area contributed by atoms with E-state index in [4.69, 9.17) is 9.47 Å². The van der Waals surface area contributed by atoms with Gasteiger partial charge in [0.15, 0.2) is 11.5 Å². The lowest BCUT2D eigenvalue weighted by Crippen LogP contribution is -2.51. The van der Waals surface area contributed by atoms with Gasteiger partial charge in [-0.1, -0.05) is 62.1 Å². The Labute approximate surface area is 202 Å². The van der Waals surface area contributed by atoms with Crippen LogP contribution in [0.4, 0.5) is 0 Å². The third kappa shape index (κ3) is 6.10. The van der Waals surface area contributed by atoms with E-state index in [1.165, 1.54) is 6.42 Å². The van der Waals surface area contributed by atoms with E-state index in [9.17, 15) is 9.59 Å². The normalized spacial score (nSPS) is 16.2. The Bertz CT molecular complexity index is 1000. The van der Waals surface area contributed by atoms with Crippen molar-refractivity contribution in [2.24, 2.45) is 0 Å². The van der Waals surface area contributed by atoms with Crippen LogP contribution in [0.2, 0.25) is 0 Å². The molecule has 1 aliphatic carbocycles. The number of benzene rings is 2. The lowest BCUT2D eigenvalue weighted by molar-refractivity contribution is -0.141. The van der Waals surface area contributed by atoms with Crippen molar-refractivity contribution >= 4 is 11.8 Å². The zero-order chi connectivity index (χ0) is 23.9. The fourth-order valence-electron chi connectivity index (χ4n) is 4.96. The Morgan fingerprint density at radius 2 is 1.82 bits per heavy atom. The maximum absolute atomic E-state index is 13.5. The summed E-state index contributed by atoms with van der Waals surface area (Å²) in [6.07, 6.45) is 7.10.